The van der Waals surface area contributed by atoms with Crippen LogP contribution in [-0.2, 0) is 0 Å². The topological polar surface area (TPSA) is 51.3 Å². The highest BCUT2D eigenvalue weighted by Gasteiger charge is 2.15. The second-order valence-electron chi connectivity index (χ2n) is 4.29. The minimum Gasteiger partial charge on any atom is -0.396 e. The van der Waals surface area contributed by atoms with Crippen LogP contribution in [0.2, 0.25) is 0 Å². The molecule has 1 heterocycles. The molecule has 0 spiro atoms. The van der Waals surface area contributed by atoms with E-state index in [0.717, 1.165) is 15.9 Å². The van der Waals surface area contributed by atoms with E-state index >= 15 is 0 Å². The van der Waals surface area contributed by atoms with Gasteiger partial charge >= 0.3 is 0 Å². The normalized spacial score (nSPS) is 18.0. The number of halogens is 1. The highest BCUT2D eigenvalue weighted by Crippen LogP contribution is 2.23. The van der Waals surface area contributed by atoms with Crippen LogP contribution < -0.4 is 5.73 Å². The Morgan fingerprint density at radius 1 is 1.53 bits per heavy atom. The first-order chi connectivity index (χ1) is 8.16. The fourth-order valence-electron chi connectivity index (χ4n) is 1.59. The van der Waals surface area contributed by atoms with Gasteiger partial charge in [0.2, 0.25) is 0 Å². The van der Waals surface area contributed by atoms with Crippen molar-refractivity contribution in [1.82, 2.24) is 4.98 Å². The molecule has 1 aromatic heterocycles. The van der Waals surface area contributed by atoms with Crippen LogP contribution in [0.25, 0.3) is 5.70 Å². The quantitative estimate of drug-likeness (QED) is 0.871. The molecule has 3 nitrogen and oxygen atoms in total. The van der Waals surface area contributed by atoms with E-state index in [4.69, 9.17) is 5.73 Å². The summed E-state index contributed by atoms with van der Waals surface area (Å²) in [6, 6.07) is 6.29. The van der Waals surface area contributed by atoms with Crippen molar-refractivity contribution in [3.63, 3.8) is 0 Å². The third kappa shape index (κ3) is 3.16. The zero-order valence-electron chi connectivity index (χ0n) is 9.86. The summed E-state index contributed by atoms with van der Waals surface area (Å²) in [6.07, 6.45) is 5.49. The zero-order valence-corrected chi connectivity index (χ0v) is 11.4. The second-order valence-corrected chi connectivity index (χ2v) is 5.14. The van der Waals surface area contributed by atoms with Crippen LogP contribution in [0, 0.1) is 6.92 Å². The molecule has 17 heavy (non-hydrogen) atoms. The minimum absolute atomic E-state index is 0.487. The summed E-state index contributed by atoms with van der Waals surface area (Å²) < 4.78 is 0.808. The van der Waals surface area contributed by atoms with Crippen LogP contribution in [0.15, 0.2) is 27.7 Å². The molecule has 2 N–H and O–H groups in total. The number of pyridine rings is 1. The van der Waals surface area contributed by atoms with E-state index in [-0.39, 0.29) is 0 Å². The number of hydrogen-bond acceptors (Lipinski definition) is 3. The molecule has 0 radical (unpaired) electrons. The van der Waals surface area contributed by atoms with E-state index in [1.807, 2.05) is 31.3 Å². The number of aryl methyl sites for hydroxylation is 1. The highest BCUT2D eigenvalue weighted by molar-refractivity contribution is 9.12. The lowest BCUT2D eigenvalue weighted by atomic mass is 9.94. The number of aliphatic imine (C=N–C) groups is 1. The molecule has 0 amide bonds. The Labute approximate surface area is 110 Å². The van der Waals surface area contributed by atoms with Gasteiger partial charge in [0, 0.05) is 18.0 Å². The molecule has 1 aromatic rings. The molecule has 0 bridgehead atoms. The van der Waals surface area contributed by atoms with Crippen LogP contribution >= 0.6 is 15.9 Å². The molecule has 1 aliphatic rings. The average molecular weight is 294 g/mol. The first-order valence-electron chi connectivity index (χ1n) is 5.79. The van der Waals surface area contributed by atoms with Gasteiger partial charge in [-0.25, -0.2) is 0 Å². The van der Waals surface area contributed by atoms with Crippen molar-refractivity contribution >= 4 is 27.8 Å². The molecular weight excluding hydrogens is 278 g/mol. The fourth-order valence-corrected chi connectivity index (χ4v) is 1.91. The van der Waals surface area contributed by atoms with E-state index in [1.54, 1.807) is 0 Å². The van der Waals surface area contributed by atoms with Gasteiger partial charge in [0.15, 0.2) is 0 Å². The Morgan fingerprint density at radius 3 is 2.88 bits per heavy atom. The molecule has 1 fully saturated rings. The fraction of sp³-hybridized carbons (Fsp3) is 0.385. The summed E-state index contributed by atoms with van der Waals surface area (Å²) >= 11 is 3.45. The molecule has 0 aliphatic heterocycles. The number of allylic oxidation sites excluding steroid dienone is 1. The lowest BCUT2D eigenvalue weighted by molar-refractivity contribution is 0.421. The van der Waals surface area contributed by atoms with Gasteiger partial charge in [-0.05, 0) is 54.2 Å². The number of aromatic nitrogens is 1. The number of nitrogens with two attached hydrogens (primary N) is 1. The smallest absolute Gasteiger partial charge is 0.0874 e. The molecular formula is C13H16BrN3. The standard InChI is InChI=1S/C13H16BrN3/c1-9-4-2-7-12(17-9)13(15)11(14)8-16-10-5-3-6-10/h2,4,7-8,10H,3,5-6,15H2,1H3. The summed E-state index contributed by atoms with van der Waals surface area (Å²) in [5.41, 5.74) is 8.42. The molecule has 2 rings (SSSR count). The van der Waals surface area contributed by atoms with E-state index in [0.29, 0.717) is 11.7 Å². The van der Waals surface area contributed by atoms with Crippen LogP contribution in [0.1, 0.15) is 30.7 Å². The molecule has 4 heteroatoms. The van der Waals surface area contributed by atoms with Crippen LogP contribution in [-0.4, -0.2) is 17.2 Å². The summed E-state index contributed by atoms with van der Waals surface area (Å²) in [5.74, 6) is 0. The number of hydrogen-bond donors (Lipinski definition) is 1. The van der Waals surface area contributed by atoms with Gasteiger partial charge in [-0.1, -0.05) is 6.07 Å². The molecule has 0 aromatic carbocycles. The van der Waals surface area contributed by atoms with Crippen LogP contribution in [0.3, 0.4) is 0 Å². The number of rotatable bonds is 3. The van der Waals surface area contributed by atoms with Gasteiger partial charge in [-0.15, -0.1) is 0 Å². The minimum atomic E-state index is 0.487. The SMILES string of the molecule is Cc1cccc(C(N)=C(Br)C=NC2CCC2)n1. The third-order valence-corrected chi connectivity index (χ3v) is 3.53. The molecule has 90 valence electrons. The Balaban J connectivity index is 2.15. The maximum Gasteiger partial charge on any atom is 0.0874 e. The third-order valence-electron chi connectivity index (χ3n) is 2.89. The molecule has 1 saturated carbocycles. The van der Waals surface area contributed by atoms with Gasteiger partial charge in [0.25, 0.3) is 0 Å². The van der Waals surface area contributed by atoms with Gasteiger partial charge in [-0.3, -0.25) is 9.98 Å². The average Bonchev–Trinajstić information content (AvgIpc) is 2.25. The predicted molar refractivity (Wildman–Crippen MR) is 75.1 cm³/mol. The van der Waals surface area contributed by atoms with Crippen LogP contribution in [0.5, 0.6) is 0 Å². The van der Waals surface area contributed by atoms with Crippen molar-refractivity contribution in [3.05, 3.63) is 34.1 Å². The van der Waals surface area contributed by atoms with Crippen molar-refractivity contribution in [2.75, 3.05) is 0 Å². The van der Waals surface area contributed by atoms with E-state index < -0.39 is 0 Å². The zero-order chi connectivity index (χ0) is 12.3. The van der Waals surface area contributed by atoms with Gasteiger partial charge in [0.05, 0.1) is 15.9 Å². The predicted octanol–water partition coefficient (Wildman–Crippen LogP) is 3.04. The Kier molecular flexibility index (Phi) is 3.94. The van der Waals surface area contributed by atoms with Crippen molar-refractivity contribution < 1.29 is 0 Å². The first-order valence-corrected chi connectivity index (χ1v) is 6.58. The maximum atomic E-state index is 6.03. The van der Waals surface area contributed by atoms with Crippen LogP contribution in [0.4, 0.5) is 0 Å². The monoisotopic (exact) mass is 293 g/mol. The first kappa shape index (κ1) is 12.3. The van der Waals surface area contributed by atoms with E-state index in [1.165, 1.54) is 19.3 Å². The lowest BCUT2D eigenvalue weighted by Gasteiger charge is -2.20. The van der Waals surface area contributed by atoms with Gasteiger partial charge in [-0.2, -0.15) is 0 Å². The summed E-state index contributed by atoms with van der Waals surface area (Å²) in [6.45, 7) is 1.95. The molecule has 0 atom stereocenters. The van der Waals surface area contributed by atoms with Gasteiger partial charge < -0.3 is 5.73 Å². The molecule has 0 saturated heterocycles. The van der Waals surface area contributed by atoms with E-state index in [2.05, 4.69) is 25.9 Å². The Bertz CT molecular complexity index is 461. The Hall–Kier alpha value is -1.16. The van der Waals surface area contributed by atoms with E-state index in [9.17, 15) is 0 Å². The van der Waals surface area contributed by atoms with Crippen molar-refractivity contribution in [3.8, 4) is 0 Å². The van der Waals surface area contributed by atoms with Crippen molar-refractivity contribution in [2.24, 2.45) is 10.7 Å². The summed E-state index contributed by atoms with van der Waals surface area (Å²) in [5, 5.41) is 0. The summed E-state index contributed by atoms with van der Waals surface area (Å²) in [4.78, 5) is 8.84. The van der Waals surface area contributed by atoms with Gasteiger partial charge in [0.1, 0.15) is 0 Å². The highest BCUT2D eigenvalue weighted by atomic mass is 79.9. The largest absolute Gasteiger partial charge is 0.396 e. The van der Waals surface area contributed by atoms with Crippen molar-refractivity contribution in [1.29, 1.82) is 0 Å². The number of nitrogens with zero attached hydrogens (tertiary/aromatic N) is 2. The van der Waals surface area contributed by atoms with Crippen molar-refractivity contribution in [2.45, 2.75) is 32.2 Å². The Morgan fingerprint density at radius 2 is 2.29 bits per heavy atom. The molecule has 1 aliphatic carbocycles. The molecule has 0 unspecified atom stereocenters. The summed E-state index contributed by atoms with van der Waals surface area (Å²) in [7, 11) is 0. The maximum absolute atomic E-state index is 6.03. The lowest BCUT2D eigenvalue weighted by Crippen LogP contribution is -2.14. The second kappa shape index (κ2) is 5.45.